The van der Waals surface area contributed by atoms with Gasteiger partial charge in [0.05, 0.1) is 12.0 Å². The van der Waals surface area contributed by atoms with Crippen LogP contribution in [-0.4, -0.2) is 21.0 Å². The second-order valence-corrected chi connectivity index (χ2v) is 4.12. The fourth-order valence-corrected chi connectivity index (χ4v) is 1.81. The molecule has 0 atom stereocenters. The van der Waals surface area contributed by atoms with Crippen molar-refractivity contribution in [3.05, 3.63) is 27.9 Å². The summed E-state index contributed by atoms with van der Waals surface area (Å²) in [6.07, 6.45) is 4.69. The minimum Gasteiger partial charge on any atom is -0.481 e. The minimum atomic E-state index is -0.826. The number of hydrogen-bond acceptors (Lipinski definition) is 3. The largest absolute Gasteiger partial charge is 0.481 e. The zero-order valence-corrected chi connectivity index (χ0v) is 8.90. The first-order chi connectivity index (χ1) is 7.68. The van der Waals surface area contributed by atoms with E-state index in [9.17, 15) is 9.59 Å². The van der Waals surface area contributed by atoms with Crippen LogP contribution < -0.4 is 5.56 Å². The maximum atomic E-state index is 11.6. The summed E-state index contributed by atoms with van der Waals surface area (Å²) in [7, 11) is 0. The molecule has 0 unspecified atom stereocenters. The molecule has 5 heteroatoms. The number of nitrogens with zero attached hydrogens (tertiary/aromatic N) is 1. The van der Waals surface area contributed by atoms with Crippen molar-refractivity contribution in [3.8, 4) is 0 Å². The molecule has 5 nitrogen and oxygen atoms in total. The number of hydrogen-bond donors (Lipinski definition) is 2. The molecular weight excluding hydrogens is 208 g/mol. The van der Waals surface area contributed by atoms with E-state index in [1.165, 1.54) is 6.33 Å². The highest BCUT2D eigenvalue weighted by molar-refractivity contribution is 5.66. The third-order valence-electron chi connectivity index (χ3n) is 2.76. The lowest BCUT2D eigenvalue weighted by Gasteiger charge is -2.04. The lowest BCUT2D eigenvalue weighted by atomic mass is 10.1. The van der Waals surface area contributed by atoms with Gasteiger partial charge in [0.15, 0.2) is 0 Å². The Hall–Kier alpha value is -1.65. The standard InChI is InChI=1S/C11H14N2O3/c14-9(15)3-1-2-8-10(7-4-5-7)12-6-13-11(8)16/h6-7H,1-5H2,(H,14,15)(H,12,13,16). The summed E-state index contributed by atoms with van der Waals surface area (Å²) >= 11 is 0. The molecule has 2 rings (SSSR count). The van der Waals surface area contributed by atoms with Crippen molar-refractivity contribution in [1.29, 1.82) is 0 Å². The van der Waals surface area contributed by atoms with Crippen molar-refractivity contribution < 1.29 is 9.90 Å². The molecule has 0 radical (unpaired) electrons. The zero-order valence-electron chi connectivity index (χ0n) is 8.90. The van der Waals surface area contributed by atoms with Crippen LogP contribution in [0.15, 0.2) is 11.1 Å². The highest BCUT2D eigenvalue weighted by Crippen LogP contribution is 2.39. The second-order valence-electron chi connectivity index (χ2n) is 4.12. The van der Waals surface area contributed by atoms with E-state index in [4.69, 9.17) is 5.11 Å². The molecule has 0 aromatic carbocycles. The van der Waals surface area contributed by atoms with Gasteiger partial charge in [0, 0.05) is 17.9 Å². The fourth-order valence-electron chi connectivity index (χ4n) is 1.81. The first-order valence-corrected chi connectivity index (χ1v) is 5.46. The Morgan fingerprint density at radius 3 is 2.94 bits per heavy atom. The normalized spacial score (nSPS) is 15.0. The monoisotopic (exact) mass is 222 g/mol. The number of carboxylic acids is 1. The predicted octanol–water partition coefficient (Wildman–Crippen LogP) is 1.05. The summed E-state index contributed by atoms with van der Waals surface area (Å²) < 4.78 is 0. The van der Waals surface area contributed by atoms with Gasteiger partial charge in [0.1, 0.15) is 0 Å². The van der Waals surface area contributed by atoms with Crippen molar-refractivity contribution in [2.24, 2.45) is 0 Å². The number of H-pyrrole nitrogens is 1. The van der Waals surface area contributed by atoms with Crippen molar-refractivity contribution in [2.75, 3.05) is 0 Å². The van der Waals surface area contributed by atoms with Crippen molar-refractivity contribution >= 4 is 5.97 Å². The van der Waals surface area contributed by atoms with Gasteiger partial charge >= 0.3 is 5.97 Å². The first kappa shape index (κ1) is 10.9. The maximum Gasteiger partial charge on any atom is 0.303 e. The van der Waals surface area contributed by atoms with Crippen LogP contribution in [0.3, 0.4) is 0 Å². The van der Waals surface area contributed by atoms with Crippen LogP contribution in [0, 0.1) is 0 Å². The number of aliphatic carboxylic acids is 1. The van der Waals surface area contributed by atoms with E-state index < -0.39 is 5.97 Å². The lowest BCUT2D eigenvalue weighted by molar-refractivity contribution is -0.137. The van der Waals surface area contributed by atoms with Gasteiger partial charge in [-0.1, -0.05) is 0 Å². The Morgan fingerprint density at radius 1 is 1.56 bits per heavy atom. The molecule has 2 N–H and O–H groups in total. The van der Waals surface area contributed by atoms with Crippen LogP contribution in [-0.2, 0) is 11.2 Å². The molecule has 0 spiro atoms. The van der Waals surface area contributed by atoms with Gasteiger partial charge in [-0.2, -0.15) is 0 Å². The summed E-state index contributed by atoms with van der Waals surface area (Å²) in [5, 5.41) is 8.55. The molecule has 0 saturated heterocycles. The highest BCUT2D eigenvalue weighted by atomic mass is 16.4. The van der Waals surface area contributed by atoms with E-state index in [2.05, 4.69) is 9.97 Å². The first-order valence-electron chi connectivity index (χ1n) is 5.46. The van der Waals surface area contributed by atoms with Crippen molar-refractivity contribution in [1.82, 2.24) is 9.97 Å². The Morgan fingerprint density at radius 2 is 2.31 bits per heavy atom. The summed E-state index contributed by atoms with van der Waals surface area (Å²) in [4.78, 5) is 28.8. The number of aromatic nitrogens is 2. The van der Waals surface area contributed by atoms with Crippen LogP contribution in [0.2, 0.25) is 0 Å². The second kappa shape index (κ2) is 4.47. The van der Waals surface area contributed by atoms with Crippen LogP contribution in [0.1, 0.15) is 42.9 Å². The van der Waals surface area contributed by atoms with Gasteiger partial charge in [0.25, 0.3) is 5.56 Å². The average molecular weight is 222 g/mol. The third kappa shape index (κ3) is 2.48. The quantitative estimate of drug-likeness (QED) is 0.780. The summed E-state index contributed by atoms with van der Waals surface area (Å²) in [6.45, 7) is 0. The Balaban J connectivity index is 2.11. The maximum absolute atomic E-state index is 11.6. The Kier molecular flexibility index (Phi) is 3.03. The average Bonchev–Trinajstić information content (AvgIpc) is 3.03. The molecule has 86 valence electrons. The molecule has 1 aromatic rings. The highest BCUT2D eigenvalue weighted by Gasteiger charge is 2.28. The molecular formula is C11H14N2O3. The molecule has 0 bridgehead atoms. The van der Waals surface area contributed by atoms with E-state index in [1.54, 1.807) is 0 Å². The van der Waals surface area contributed by atoms with Crippen molar-refractivity contribution in [2.45, 2.75) is 38.0 Å². The van der Waals surface area contributed by atoms with E-state index in [0.717, 1.165) is 18.5 Å². The van der Waals surface area contributed by atoms with E-state index in [1.807, 2.05) is 0 Å². The molecule has 0 amide bonds. The fraction of sp³-hybridized carbons (Fsp3) is 0.545. The van der Waals surface area contributed by atoms with Crippen LogP contribution >= 0.6 is 0 Å². The predicted molar refractivity (Wildman–Crippen MR) is 57.4 cm³/mol. The summed E-state index contributed by atoms with van der Waals surface area (Å²) in [6, 6.07) is 0. The smallest absolute Gasteiger partial charge is 0.303 e. The van der Waals surface area contributed by atoms with Gasteiger partial charge in [-0.15, -0.1) is 0 Å². The van der Waals surface area contributed by atoms with Gasteiger partial charge in [-0.25, -0.2) is 4.98 Å². The number of carboxylic acid groups (broad SMARTS) is 1. The molecule has 1 aromatic heterocycles. The zero-order chi connectivity index (χ0) is 11.5. The molecule has 1 aliphatic rings. The van der Waals surface area contributed by atoms with Gasteiger partial charge in [-0.3, -0.25) is 9.59 Å². The molecule has 1 saturated carbocycles. The SMILES string of the molecule is O=C(O)CCCc1c(C2CC2)nc[nH]c1=O. The molecule has 16 heavy (non-hydrogen) atoms. The topological polar surface area (TPSA) is 83.0 Å². The molecule has 1 heterocycles. The van der Waals surface area contributed by atoms with E-state index >= 15 is 0 Å². The summed E-state index contributed by atoms with van der Waals surface area (Å²) in [5.74, 6) is -0.407. The van der Waals surface area contributed by atoms with Gasteiger partial charge in [0.2, 0.25) is 0 Å². The Bertz CT molecular complexity index is 449. The van der Waals surface area contributed by atoms with E-state index in [0.29, 0.717) is 24.3 Å². The van der Waals surface area contributed by atoms with E-state index in [-0.39, 0.29) is 12.0 Å². The molecule has 1 aliphatic carbocycles. The minimum absolute atomic E-state index is 0.0957. The van der Waals surface area contributed by atoms with Crippen LogP contribution in [0.4, 0.5) is 0 Å². The third-order valence-corrected chi connectivity index (χ3v) is 2.76. The number of nitrogens with one attached hydrogen (secondary N) is 1. The number of rotatable bonds is 5. The van der Waals surface area contributed by atoms with Gasteiger partial charge < -0.3 is 10.1 Å². The number of carbonyl (C=O) groups is 1. The lowest BCUT2D eigenvalue weighted by Crippen LogP contribution is -2.16. The van der Waals surface area contributed by atoms with Crippen LogP contribution in [0.25, 0.3) is 0 Å². The number of aromatic amines is 1. The van der Waals surface area contributed by atoms with Crippen molar-refractivity contribution in [3.63, 3.8) is 0 Å². The van der Waals surface area contributed by atoms with Gasteiger partial charge in [-0.05, 0) is 25.7 Å². The molecule has 0 aliphatic heterocycles. The van der Waals surface area contributed by atoms with Crippen LogP contribution in [0.5, 0.6) is 0 Å². The Labute approximate surface area is 92.5 Å². The summed E-state index contributed by atoms with van der Waals surface area (Å²) in [5.41, 5.74) is 1.42. The molecule has 1 fully saturated rings.